The van der Waals surface area contributed by atoms with Crippen molar-refractivity contribution >= 4 is 5.97 Å². The maximum absolute atomic E-state index is 12.2. The molecule has 0 bridgehead atoms. The third-order valence-corrected chi connectivity index (χ3v) is 8.11. The fraction of sp³-hybridized carbons (Fsp3) is 0.457. The van der Waals surface area contributed by atoms with Crippen LogP contribution in [0.2, 0.25) is 0 Å². The minimum atomic E-state index is -1.34. The van der Waals surface area contributed by atoms with Crippen LogP contribution < -0.4 is 10.1 Å². The van der Waals surface area contributed by atoms with Crippen molar-refractivity contribution in [2.45, 2.75) is 83.4 Å². The van der Waals surface area contributed by atoms with Crippen molar-refractivity contribution < 1.29 is 19.4 Å². The van der Waals surface area contributed by atoms with Gasteiger partial charge in [0.2, 0.25) is 5.60 Å². The van der Waals surface area contributed by atoms with Gasteiger partial charge >= 0.3 is 5.97 Å². The Labute approximate surface area is 245 Å². The standard InChI is InChI=1S/C35H46N2O4/c1-28(36-30-16-9-5-10-17-30)37(26-29-14-7-4-8-15-29)24-13-25-40-31-20-22-34(2,23-21-31)27-35(3,33(38)39)41-32-18-11-6-12-19-32/h4,6-8,11-12,14-15,18-22,30,36H,1,5,9-10,13,16-17,23-27H2,2-3H3,(H,38,39). The predicted molar refractivity (Wildman–Crippen MR) is 164 cm³/mol. The minimum absolute atomic E-state index is 0.342. The number of rotatable bonds is 15. The number of hydrogen-bond donors (Lipinski definition) is 2. The number of ether oxygens (including phenoxy) is 2. The van der Waals surface area contributed by atoms with Gasteiger partial charge in [-0.1, -0.05) is 87.4 Å². The van der Waals surface area contributed by atoms with E-state index in [9.17, 15) is 9.90 Å². The van der Waals surface area contributed by atoms with E-state index in [-0.39, 0.29) is 5.41 Å². The average Bonchev–Trinajstić information content (AvgIpc) is 2.97. The summed E-state index contributed by atoms with van der Waals surface area (Å²) in [6.45, 7) is 10.4. The van der Waals surface area contributed by atoms with Crippen LogP contribution in [0.5, 0.6) is 5.75 Å². The summed E-state index contributed by atoms with van der Waals surface area (Å²) in [7, 11) is 0. The number of carbonyl (C=O) groups is 1. The molecular formula is C35H46N2O4. The fourth-order valence-electron chi connectivity index (χ4n) is 5.80. The second-order valence-corrected chi connectivity index (χ2v) is 12.0. The molecule has 2 unspecified atom stereocenters. The molecule has 0 spiro atoms. The van der Waals surface area contributed by atoms with E-state index < -0.39 is 11.6 Å². The summed E-state index contributed by atoms with van der Waals surface area (Å²) in [6.07, 6.45) is 14.3. The van der Waals surface area contributed by atoms with Gasteiger partial charge in [-0.3, -0.25) is 0 Å². The number of para-hydroxylation sites is 1. The zero-order valence-corrected chi connectivity index (χ0v) is 24.7. The van der Waals surface area contributed by atoms with E-state index in [0.29, 0.717) is 31.2 Å². The van der Waals surface area contributed by atoms with Crippen molar-refractivity contribution in [2.75, 3.05) is 13.2 Å². The third kappa shape index (κ3) is 9.17. The molecule has 2 N–H and O–H groups in total. The number of carboxylic acid groups (broad SMARTS) is 1. The normalized spacial score (nSPS) is 20.4. The lowest BCUT2D eigenvalue weighted by atomic mass is 9.74. The molecule has 0 radical (unpaired) electrons. The molecule has 0 aromatic heterocycles. The Kier molecular flexibility index (Phi) is 10.6. The molecule has 6 nitrogen and oxygen atoms in total. The summed E-state index contributed by atoms with van der Waals surface area (Å²) in [5, 5.41) is 13.7. The number of nitrogens with zero attached hydrogens (tertiary/aromatic N) is 1. The molecule has 0 heterocycles. The number of aliphatic carboxylic acids is 1. The van der Waals surface area contributed by atoms with Crippen LogP contribution in [0.4, 0.5) is 0 Å². The smallest absolute Gasteiger partial charge is 0.347 e. The first-order valence-electron chi connectivity index (χ1n) is 15.0. The number of benzene rings is 2. The SMILES string of the molecule is C=C(NC1CCCCC1)N(CCCOC1=CCC(C)(CC(C)(Oc2ccccc2)C(=O)O)C=C1)Cc1ccccc1. The Morgan fingerprint density at radius 3 is 2.41 bits per heavy atom. The minimum Gasteiger partial charge on any atom is -0.494 e. The summed E-state index contributed by atoms with van der Waals surface area (Å²) < 4.78 is 12.1. The van der Waals surface area contributed by atoms with E-state index in [4.69, 9.17) is 9.47 Å². The monoisotopic (exact) mass is 558 g/mol. The zero-order chi connectivity index (χ0) is 29.1. The van der Waals surface area contributed by atoms with Gasteiger partial charge in [0.1, 0.15) is 11.5 Å². The summed E-state index contributed by atoms with van der Waals surface area (Å²) >= 11 is 0. The first-order valence-corrected chi connectivity index (χ1v) is 15.0. The number of carboxylic acids is 1. The summed E-state index contributed by atoms with van der Waals surface area (Å²) in [6, 6.07) is 20.2. The van der Waals surface area contributed by atoms with Crippen molar-refractivity contribution in [3.05, 3.63) is 103 Å². The highest BCUT2D eigenvalue weighted by atomic mass is 16.5. The van der Waals surface area contributed by atoms with E-state index in [0.717, 1.165) is 31.1 Å². The van der Waals surface area contributed by atoms with E-state index in [1.807, 2.05) is 30.3 Å². The Balaban J connectivity index is 1.28. The van der Waals surface area contributed by atoms with Crippen LogP contribution in [0, 0.1) is 5.41 Å². The first-order chi connectivity index (χ1) is 19.7. The molecule has 0 amide bonds. The van der Waals surface area contributed by atoms with Gasteiger partial charge in [0.05, 0.1) is 12.4 Å². The lowest BCUT2D eigenvalue weighted by molar-refractivity contribution is -0.156. The molecule has 1 saturated carbocycles. The van der Waals surface area contributed by atoms with Crippen LogP contribution in [-0.2, 0) is 16.1 Å². The first kappa shape index (κ1) is 30.3. The predicted octanol–water partition coefficient (Wildman–Crippen LogP) is 7.45. The number of allylic oxidation sites excluding steroid dienone is 3. The van der Waals surface area contributed by atoms with E-state index >= 15 is 0 Å². The fourth-order valence-corrected chi connectivity index (χ4v) is 5.80. The molecule has 2 aliphatic rings. The van der Waals surface area contributed by atoms with Gasteiger partial charge in [-0.05, 0) is 67.9 Å². The van der Waals surface area contributed by atoms with Gasteiger partial charge in [-0.15, -0.1) is 0 Å². The topological polar surface area (TPSA) is 71.0 Å². The van der Waals surface area contributed by atoms with Gasteiger partial charge in [0.25, 0.3) is 0 Å². The Morgan fingerprint density at radius 1 is 1.10 bits per heavy atom. The summed E-state index contributed by atoms with van der Waals surface area (Å²) in [4.78, 5) is 14.5. The highest BCUT2D eigenvalue weighted by molar-refractivity contribution is 5.77. The molecule has 2 atom stereocenters. The van der Waals surface area contributed by atoms with Gasteiger partial charge in [-0.2, -0.15) is 0 Å². The van der Waals surface area contributed by atoms with Gasteiger partial charge in [0.15, 0.2) is 0 Å². The Bertz CT molecular complexity index is 1190. The van der Waals surface area contributed by atoms with Crippen molar-refractivity contribution in [3.63, 3.8) is 0 Å². The van der Waals surface area contributed by atoms with Gasteiger partial charge in [-0.25, -0.2) is 4.79 Å². The maximum atomic E-state index is 12.2. The molecule has 4 rings (SSSR count). The van der Waals surface area contributed by atoms with Crippen molar-refractivity contribution in [1.29, 1.82) is 0 Å². The second kappa shape index (κ2) is 14.3. The van der Waals surface area contributed by atoms with Crippen molar-refractivity contribution in [2.24, 2.45) is 5.41 Å². The molecule has 2 aromatic carbocycles. The molecule has 41 heavy (non-hydrogen) atoms. The quantitative estimate of drug-likeness (QED) is 0.221. The molecule has 0 saturated heterocycles. The van der Waals surface area contributed by atoms with Crippen LogP contribution in [0.15, 0.2) is 97.1 Å². The summed E-state index contributed by atoms with van der Waals surface area (Å²) in [5.41, 5.74) is -0.436. The van der Waals surface area contributed by atoms with Gasteiger partial charge in [0, 0.05) is 25.6 Å². The maximum Gasteiger partial charge on any atom is 0.347 e. The van der Waals surface area contributed by atoms with E-state index in [1.54, 1.807) is 19.1 Å². The zero-order valence-electron chi connectivity index (χ0n) is 24.7. The third-order valence-electron chi connectivity index (χ3n) is 8.11. The van der Waals surface area contributed by atoms with Gasteiger partial charge < -0.3 is 24.8 Å². The van der Waals surface area contributed by atoms with Crippen LogP contribution in [0.25, 0.3) is 0 Å². The lowest BCUT2D eigenvalue weighted by Gasteiger charge is -2.36. The van der Waals surface area contributed by atoms with E-state index in [1.165, 1.54) is 37.7 Å². The summed E-state index contributed by atoms with van der Waals surface area (Å²) in [5.74, 6) is 1.41. The van der Waals surface area contributed by atoms with Crippen molar-refractivity contribution in [3.8, 4) is 5.75 Å². The largest absolute Gasteiger partial charge is 0.494 e. The van der Waals surface area contributed by atoms with Crippen molar-refractivity contribution in [1.82, 2.24) is 10.2 Å². The molecule has 1 fully saturated rings. The molecule has 2 aliphatic carbocycles. The van der Waals surface area contributed by atoms with E-state index in [2.05, 4.69) is 60.1 Å². The highest BCUT2D eigenvalue weighted by Crippen LogP contribution is 2.39. The lowest BCUT2D eigenvalue weighted by Crippen LogP contribution is -2.45. The average molecular weight is 559 g/mol. The number of nitrogens with one attached hydrogen (secondary N) is 1. The van der Waals surface area contributed by atoms with Crippen LogP contribution in [0.1, 0.15) is 70.8 Å². The Hall–Kier alpha value is -3.67. The number of hydrogen-bond acceptors (Lipinski definition) is 5. The Morgan fingerprint density at radius 2 is 1.78 bits per heavy atom. The molecular weight excluding hydrogens is 512 g/mol. The second-order valence-electron chi connectivity index (χ2n) is 12.0. The van der Waals surface area contributed by atoms with Crippen LogP contribution in [0.3, 0.4) is 0 Å². The van der Waals surface area contributed by atoms with Crippen LogP contribution in [-0.4, -0.2) is 40.8 Å². The molecule has 0 aliphatic heterocycles. The molecule has 6 heteroatoms. The molecule has 220 valence electrons. The molecule has 2 aromatic rings. The highest BCUT2D eigenvalue weighted by Gasteiger charge is 2.42. The van der Waals surface area contributed by atoms with Crippen LogP contribution >= 0.6 is 0 Å².